The molecule has 19 heavy (non-hydrogen) atoms. The van der Waals surface area contributed by atoms with Gasteiger partial charge in [-0.3, -0.25) is 0 Å². The number of pyridine rings is 2. The maximum atomic E-state index is 10.9. The Kier molecular flexibility index (Phi) is 2.31. The van der Waals surface area contributed by atoms with Gasteiger partial charge >= 0.3 is 11.9 Å². The summed E-state index contributed by atoms with van der Waals surface area (Å²) < 4.78 is 0. The van der Waals surface area contributed by atoms with E-state index in [1.807, 2.05) is 0 Å². The van der Waals surface area contributed by atoms with Gasteiger partial charge < -0.3 is 10.2 Å². The molecule has 0 fully saturated rings. The first kappa shape index (κ1) is 11.3. The number of carboxylic acid groups (broad SMARTS) is 2. The SMILES string of the molecule is O=C(O)c1ccc2c(n1)-c1nc(C(=O)O)ccc1C2. The molecule has 2 aromatic rings. The summed E-state index contributed by atoms with van der Waals surface area (Å²) in [6, 6.07) is 6.25. The summed E-state index contributed by atoms with van der Waals surface area (Å²) in [5, 5.41) is 17.9. The molecule has 0 amide bonds. The highest BCUT2D eigenvalue weighted by Crippen LogP contribution is 2.33. The molecule has 0 radical (unpaired) electrons. The largest absolute Gasteiger partial charge is 0.477 e. The second-order valence-corrected chi connectivity index (χ2v) is 4.20. The number of carbonyl (C=O) groups is 2. The zero-order valence-corrected chi connectivity index (χ0v) is 9.62. The van der Waals surface area contributed by atoms with E-state index in [2.05, 4.69) is 9.97 Å². The van der Waals surface area contributed by atoms with Crippen LogP contribution in [0.4, 0.5) is 0 Å². The quantitative estimate of drug-likeness (QED) is 0.719. The van der Waals surface area contributed by atoms with E-state index in [1.165, 1.54) is 12.1 Å². The average molecular weight is 256 g/mol. The van der Waals surface area contributed by atoms with Crippen molar-refractivity contribution in [3.05, 3.63) is 46.8 Å². The fourth-order valence-corrected chi connectivity index (χ4v) is 2.11. The zero-order valence-electron chi connectivity index (χ0n) is 9.62. The number of hydrogen-bond donors (Lipinski definition) is 2. The van der Waals surface area contributed by atoms with Gasteiger partial charge in [0.05, 0.1) is 11.4 Å². The van der Waals surface area contributed by atoms with Gasteiger partial charge in [0.1, 0.15) is 11.4 Å². The van der Waals surface area contributed by atoms with E-state index in [0.29, 0.717) is 17.8 Å². The summed E-state index contributed by atoms with van der Waals surface area (Å²) in [5.74, 6) is -2.24. The first-order valence-electron chi connectivity index (χ1n) is 5.53. The van der Waals surface area contributed by atoms with Gasteiger partial charge in [-0.15, -0.1) is 0 Å². The molecule has 2 aromatic heterocycles. The van der Waals surface area contributed by atoms with Gasteiger partial charge in [0, 0.05) is 6.42 Å². The molecule has 0 spiro atoms. The van der Waals surface area contributed by atoms with Crippen molar-refractivity contribution in [3.63, 3.8) is 0 Å². The normalized spacial score (nSPS) is 11.8. The van der Waals surface area contributed by atoms with Crippen LogP contribution in [0.15, 0.2) is 24.3 Å². The lowest BCUT2D eigenvalue weighted by molar-refractivity contribution is 0.0679. The highest BCUT2D eigenvalue weighted by Gasteiger charge is 2.24. The Hall–Kier alpha value is -2.76. The van der Waals surface area contributed by atoms with Crippen molar-refractivity contribution in [2.75, 3.05) is 0 Å². The van der Waals surface area contributed by atoms with Crippen molar-refractivity contribution in [3.8, 4) is 11.4 Å². The number of nitrogens with zero attached hydrogens (tertiary/aromatic N) is 2. The summed E-state index contributed by atoms with van der Waals surface area (Å²) >= 11 is 0. The molecule has 0 aliphatic heterocycles. The maximum Gasteiger partial charge on any atom is 0.354 e. The summed E-state index contributed by atoms with van der Waals surface area (Å²) in [5.41, 5.74) is 2.48. The van der Waals surface area contributed by atoms with Gasteiger partial charge in [0.15, 0.2) is 0 Å². The van der Waals surface area contributed by atoms with Crippen LogP contribution in [0.25, 0.3) is 11.4 Å². The standard InChI is InChI=1S/C13H8N2O4/c16-12(17)8-3-1-6-5-7-2-4-9(13(18)19)15-11(7)10(6)14-8/h1-4H,5H2,(H,16,17)(H,18,19). The van der Waals surface area contributed by atoms with Crippen LogP contribution in [0.3, 0.4) is 0 Å². The van der Waals surface area contributed by atoms with Crippen molar-refractivity contribution < 1.29 is 19.8 Å². The molecule has 0 unspecified atom stereocenters. The second kappa shape index (κ2) is 3.88. The number of hydrogen-bond acceptors (Lipinski definition) is 4. The van der Waals surface area contributed by atoms with E-state index >= 15 is 0 Å². The van der Waals surface area contributed by atoms with Gasteiger partial charge in [-0.25, -0.2) is 19.6 Å². The molecule has 2 heterocycles. The van der Waals surface area contributed by atoms with E-state index in [-0.39, 0.29) is 11.4 Å². The number of rotatable bonds is 2. The fraction of sp³-hybridized carbons (Fsp3) is 0.0769. The predicted octanol–water partition coefficient (Wildman–Crippen LogP) is 1.44. The van der Waals surface area contributed by atoms with Gasteiger partial charge in [-0.1, -0.05) is 12.1 Å². The third-order valence-corrected chi connectivity index (χ3v) is 3.00. The van der Waals surface area contributed by atoms with Crippen molar-refractivity contribution in [2.24, 2.45) is 0 Å². The van der Waals surface area contributed by atoms with E-state index < -0.39 is 11.9 Å². The topological polar surface area (TPSA) is 100 Å². The number of aromatic nitrogens is 2. The van der Waals surface area contributed by atoms with Gasteiger partial charge in [0.25, 0.3) is 0 Å². The maximum absolute atomic E-state index is 10.9. The minimum Gasteiger partial charge on any atom is -0.477 e. The lowest BCUT2D eigenvalue weighted by Crippen LogP contribution is -2.03. The van der Waals surface area contributed by atoms with E-state index in [9.17, 15) is 9.59 Å². The summed E-state index contributed by atoms with van der Waals surface area (Å²) in [4.78, 5) is 29.9. The minimum atomic E-state index is -1.12. The number of aromatic carboxylic acids is 2. The summed E-state index contributed by atoms with van der Waals surface area (Å²) in [6.07, 6.45) is 0.588. The van der Waals surface area contributed by atoms with Crippen LogP contribution in [0, 0.1) is 0 Å². The van der Waals surface area contributed by atoms with Crippen LogP contribution in [0.1, 0.15) is 32.1 Å². The molecule has 6 nitrogen and oxygen atoms in total. The molecular weight excluding hydrogens is 248 g/mol. The third kappa shape index (κ3) is 1.74. The fourth-order valence-electron chi connectivity index (χ4n) is 2.11. The number of carboxylic acids is 2. The van der Waals surface area contributed by atoms with Crippen LogP contribution in [-0.2, 0) is 6.42 Å². The lowest BCUT2D eigenvalue weighted by atomic mass is 10.1. The van der Waals surface area contributed by atoms with Gasteiger partial charge in [-0.05, 0) is 23.3 Å². The molecule has 94 valence electrons. The van der Waals surface area contributed by atoms with Crippen LogP contribution >= 0.6 is 0 Å². The molecule has 0 saturated carbocycles. The molecule has 6 heteroatoms. The Balaban J connectivity index is 2.19. The van der Waals surface area contributed by atoms with Crippen molar-refractivity contribution in [1.29, 1.82) is 0 Å². The van der Waals surface area contributed by atoms with Gasteiger partial charge in [-0.2, -0.15) is 0 Å². The molecular formula is C13H8N2O4. The van der Waals surface area contributed by atoms with Crippen molar-refractivity contribution in [2.45, 2.75) is 6.42 Å². The molecule has 0 saturated heterocycles. The third-order valence-electron chi connectivity index (χ3n) is 3.00. The Morgan fingerprint density at radius 2 is 1.26 bits per heavy atom. The Morgan fingerprint density at radius 3 is 1.63 bits per heavy atom. The van der Waals surface area contributed by atoms with Crippen LogP contribution < -0.4 is 0 Å². The highest BCUT2D eigenvalue weighted by atomic mass is 16.4. The van der Waals surface area contributed by atoms with Crippen molar-refractivity contribution >= 4 is 11.9 Å². The van der Waals surface area contributed by atoms with E-state index in [4.69, 9.17) is 10.2 Å². The molecule has 2 N–H and O–H groups in total. The summed E-state index contributed by atoms with van der Waals surface area (Å²) in [6.45, 7) is 0. The first-order valence-corrected chi connectivity index (χ1v) is 5.53. The zero-order chi connectivity index (χ0) is 13.6. The van der Waals surface area contributed by atoms with Crippen LogP contribution in [-0.4, -0.2) is 32.1 Å². The van der Waals surface area contributed by atoms with Crippen LogP contribution in [0.2, 0.25) is 0 Å². The second-order valence-electron chi connectivity index (χ2n) is 4.20. The van der Waals surface area contributed by atoms with Crippen molar-refractivity contribution in [1.82, 2.24) is 9.97 Å². The highest BCUT2D eigenvalue weighted by molar-refractivity contribution is 5.88. The average Bonchev–Trinajstić information content (AvgIpc) is 2.75. The summed E-state index contributed by atoms with van der Waals surface area (Å²) in [7, 11) is 0. The van der Waals surface area contributed by atoms with E-state index in [1.54, 1.807) is 12.1 Å². The number of fused-ring (bicyclic) bond motifs is 3. The smallest absolute Gasteiger partial charge is 0.354 e. The Bertz CT molecular complexity index is 663. The molecule has 1 aliphatic rings. The van der Waals surface area contributed by atoms with Gasteiger partial charge in [0.2, 0.25) is 0 Å². The lowest BCUT2D eigenvalue weighted by Gasteiger charge is -2.02. The molecule has 0 aromatic carbocycles. The molecule has 3 rings (SSSR count). The predicted molar refractivity (Wildman–Crippen MR) is 64.2 cm³/mol. The minimum absolute atomic E-state index is 0.0749. The first-order chi connectivity index (χ1) is 9.06. The monoisotopic (exact) mass is 256 g/mol. The molecule has 0 atom stereocenters. The Labute approximate surface area is 107 Å². The molecule has 1 aliphatic carbocycles. The Morgan fingerprint density at radius 1 is 0.842 bits per heavy atom. The van der Waals surface area contributed by atoms with E-state index in [0.717, 1.165) is 11.1 Å². The van der Waals surface area contributed by atoms with Crippen LogP contribution in [0.5, 0.6) is 0 Å². The molecule has 0 bridgehead atoms.